The van der Waals surface area contributed by atoms with E-state index in [0.717, 1.165) is 47.0 Å². The predicted molar refractivity (Wildman–Crippen MR) is 202 cm³/mol. The summed E-state index contributed by atoms with van der Waals surface area (Å²) < 4.78 is 31.1. The third-order valence-electron chi connectivity index (χ3n) is 9.74. The number of aromatic amines is 1. The molecule has 0 aromatic carbocycles. The zero-order chi connectivity index (χ0) is 38.6. The Bertz CT molecular complexity index is 2300. The molecule has 0 radical (unpaired) electrons. The van der Waals surface area contributed by atoms with Gasteiger partial charge in [-0.25, -0.2) is 9.97 Å². The average Bonchev–Trinajstić information content (AvgIpc) is 4.09. The van der Waals surface area contributed by atoms with Crippen molar-refractivity contribution in [2.24, 2.45) is 25.9 Å². The minimum Gasteiger partial charge on any atom is -0.495 e. The number of pyridine rings is 2. The molecule has 2 saturated carbocycles. The lowest BCUT2D eigenvalue weighted by Gasteiger charge is -2.11. The summed E-state index contributed by atoms with van der Waals surface area (Å²) in [6, 6.07) is 11.3. The molecular formula is C39H44N10O6. The maximum atomic E-state index is 11.6. The first-order chi connectivity index (χ1) is 26.6. The van der Waals surface area contributed by atoms with Crippen LogP contribution in [0.3, 0.4) is 0 Å². The Labute approximate surface area is 317 Å². The van der Waals surface area contributed by atoms with Gasteiger partial charge in [-0.15, -0.1) is 5.10 Å². The van der Waals surface area contributed by atoms with Gasteiger partial charge in [0, 0.05) is 73.7 Å². The highest BCUT2D eigenvalue weighted by atomic mass is 16.5. The van der Waals surface area contributed by atoms with Crippen LogP contribution >= 0.6 is 0 Å². The third-order valence-corrected chi connectivity index (χ3v) is 9.74. The maximum absolute atomic E-state index is 11.6. The lowest BCUT2D eigenvalue weighted by Crippen LogP contribution is -2.07. The van der Waals surface area contributed by atoms with Crippen molar-refractivity contribution >= 4 is 0 Å². The number of aryl methyl sites for hydroxylation is 4. The monoisotopic (exact) mass is 748 g/mol. The first-order valence-corrected chi connectivity index (χ1v) is 17.9. The molecule has 16 heteroatoms. The SMILES string of the molecule is COc1ccc([C@H]2C[C@@H]2COc2nc(C)ncc2-c2cc(=O)[nH]n2C)nc1.COc1ccc([C@H]2C[C@@H]2COc2nc(C)ncc2-c2cc(OC)nn2C)nc1. The first-order valence-electron chi connectivity index (χ1n) is 17.9. The molecule has 2 aliphatic carbocycles. The number of methoxy groups -OCH3 is 3. The van der Waals surface area contributed by atoms with Crippen molar-refractivity contribution in [1.82, 2.24) is 49.5 Å². The molecule has 8 rings (SSSR count). The van der Waals surface area contributed by atoms with Crippen LogP contribution in [0, 0.1) is 25.7 Å². The molecule has 6 heterocycles. The molecule has 2 aliphatic rings. The van der Waals surface area contributed by atoms with Crippen molar-refractivity contribution in [3.05, 3.63) is 94.6 Å². The number of aromatic nitrogens is 10. The summed E-state index contributed by atoms with van der Waals surface area (Å²) >= 11 is 0. The Balaban J connectivity index is 0.000000169. The van der Waals surface area contributed by atoms with Crippen LogP contribution < -0.4 is 29.2 Å². The molecule has 2 fully saturated rings. The van der Waals surface area contributed by atoms with Crippen LogP contribution in [0.1, 0.15) is 47.7 Å². The molecule has 0 amide bonds. The summed E-state index contributed by atoms with van der Waals surface area (Å²) in [7, 11) is 8.49. The van der Waals surface area contributed by atoms with Crippen LogP contribution in [-0.2, 0) is 14.1 Å². The van der Waals surface area contributed by atoms with E-state index >= 15 is 0 Å². The molecule has 0 saturated heterocycles. The van der Waals surface area contributed by atoms with Crippen LogP contribution in [0.5, 0.6) is 29.1 Å². The third kappa shape index (κ3) is 8.58. The number of hydrogen-bond donors (Lipinski definition) is 1. The van der Waals surface area contributed by atoms with E-state index in [1.54, 1.807) is 62.5 Å². The predicted octanol–water partition coefficient (Wildman–Crippen LogP) is 4.85. The van der Waals surface area contributed by atoms with Crippen LogP contribution in [0.4, 0.5) is 0 Å². The summed E-state index contributed by atoms with van der Waals surface area (Å²) in [6.07, 6.45) is 9.04. The van der Waals surface area contributed by atoms with Gasteiger partial charge in [0.25, 0.3) is 5.56 Å². The fourth-order valence-corrected chi connectivity index (χ4v) is 6.42. The fourth-order valence-electron chi connectivity index (χ4n) is 6.42. The van der Waals surface area contributed by atoms with E-state index in [4.69, 9.17) is 23.7 Å². The summed E-state index contributed by atoms with van der Waals surface area (Å²) in [5.41, 5.74) is 4.98. The number of ether oxygens (including phenoxy) is 5. The van der Waals surface area contributed by atoms with Gasteiger partial charge in [-0.05, 0) is 51.0 Å². The first kappa shape index (κ1) is 37.0. The molecule has 286 valence electrons. The molecule has 4 atom stereocenters. The van der Waals surface area contributed by atoms with Gasteiger partial charge in [0.05, 0.1) is 69.5 Å². The largest absolute Gasteiger partial charge is 0.495 e. The van der Waals surface area contributed by atoms with E-state index in [2.05, 4.69) is 40.1 Å². The molecule has 1 N–H and O–H groups in total. The van der Waals surface area contributed by atoms with Crippen LogP contribution in [0.15, 0.2) is 66.0 Å². The summed E-state index contributed by atoms with van der Waals surface area (Å²) in [6.45, 7) is 4.78. The van der Waals surface area contributed by atoms with Crippen molar-refractivity contribution in [2.75, 3.05) is 34.5 Å². The van der Waals surface area contributed by atoms with E-state index in [1.807, 2.05) is 51.2 Å². The summed E-state index contributed by atoms with van der Waals surface area (Å²) in [5, 5.41) is 7.00. The zero-order valence-corrected chi connectivity index (χ0v) is 31.9. The van der Waals surface area contributed by atoms with Gasteiger partial charge in [-0.3, -0.25) is 29.2 Å². The van der Waals surface area contributed by atoms with Crippen molar-refractivity contribution in [2.45, 2.75) is 38.5 Å². The smallest absolute Gasteiger partial charge is 0.264 e. The molecule has 16 nitrogen and oxygen atoms in total. The van der Waals surface area contributed by atoms with Gasteiger partial charge in [0.1, 0.15) is 23.1 Å². The Kier molecular flexibility index (Phi) is 10.7. The Morgan fingerprint density at radius 3 is 1.64 bits per heavy atom. The quantitative estimate of drug-likeness (QED) is 0.170. The highest BCUT2D eigenvalue weighted by Crippen LogP contribution is 2.48. The normalized spacial score (nSPS) is 18.2. The van der Waals surface area contributed by atoms with Crippen LogP contribution in [0.2, 0.25) is 0 Å². The molecule has 0 aliphatic heterocycles. The number of nitrogens with one attached hydrogen (secondary N) is 1. The maximum Gasteiger partial charge on any atom is 0.264 e. The van der Waals surface area contributed by atoms with E-state index in [-0.39, 0.29) is 5.56 Å². The van der Waals surface area contributed by atoms with Crippen LogP contribution in [0.25, 0.3) is 22.5 Å². The van der Waals surface area contributed by atoms with E-state index < -0.39 is 0 Å². The molecule has 6 aromatic rings. The Hall–Kier alpha value is -6.32. The minimum atomic E-state index is -0.174. The lowest BCUT2D eigenvalue weighted by atomic mass is 10.2. The number of hydrogen-bond acceptors (Lipinski definition) is 13. The standard InChI is InChI=1S/C20H23N5O3.C19H21N5O3/c1-12-21-10-16(18-8-19(27-4)24-25(18)2)20(23-12)28-11-13-7-15(13)17-6-5-14(26-3)9-22-17;1-11-20-9-15(17-7-18(25)23-24(17)2)19(22-11)27-10-12-6-14(12)16-5-4-13(26-3)8-21-16/h5-6,8-10,13,15H,7,11H2,1-4H3;4-5,7-9,12,14H,6,10H2,1-3H3,(H,23,25)/t13-,15+;12-,14+/m11/s1. The molecule has 0 spiro atoms. The molecule has 0 bridgehead atoms. The van der Waals surface area contributed by atoms with E-state index in [1.165, 1.54) is 6.07 Å². The van der Waals surface area contributed by atoms with Crippen LogP contribution in [-0.4, -0.2) is 84.0 Å². The average molecular weight is 749 g/mol. The minimum absolute atomic E-state index is 0.174. The van der Waals surface area contributed by atoms with Gasteiger partial charge < -0.3 is 23.7 Å². The molecule has 55 heavy (non-hydrogen) atoms. The van der Waals surface area contributed by atoms with Crippen molar-refractivity contribution in [3.63, 3.8) is 0 Å². The highest BCUT2D eigenvalue weighted by Gasteiger charge is 2.41. The second-order valence-electron chi connectivity index (χ2n) is 13.6. The zero-order valence-electron chi connectivity index (χ0n) is 31.9. The second kappa shape index (κ2) is 16.0. The fraction of sp³-hybridized carbons (Fsp3) is 0.385. The summed E-state index contributed by atoms with van der Waals surface area (Å²) in [5.74, 6) is 6.02. The molecule has 6 aromatic heterocycles. The number of nitrogens with zero attached hydrogens (tertiary/aromatic N) is 9. The van der Waals surface area contributed by atoms with E-state index in [9.17, 15) is 4.79 Å². The molecule has 0 unspecified atom stereocenters. The van der Waals surface area contributed by atoms with Gasteiger partial charge in [0.15, 0.2) is 0 Å². The van der Waals surface area contributed by atoms with Crippen molar-refractivity contribution in [1.29, 1.82) is 0 Å². The van der Waals surface area contributed by atoms with Gasteiger partial charge >= 0.3 is 0 Å². The highest BCUT2D eigenvalue weighted by molar-refractivity contribution is 5.65. The van der Waals surface area contributed by atoms with Crippen molar-refractivity contribution < 1.29 is 23.7 Å². The topological polar surface area (TPSA) is 179 Å². The second-order valence-corrected chi connectivity index (χ2v) is 13.6. The Morgan fingerprint density at radius 2 is 1.22 bits per heavy atom. The lowest BCUT2D eigenvalue weighted by molar-refractivity contribution is 0.285. The van der Waals surface area contributed by atoms with Gasteiger partial charge in [-0.2, -0.15) is 9.97 Å². The molecular weight excluding hydrogens is 704 g/mol. The van der Waals surface area contributed by atoms with Gasteiger partial charge in [-0.1, -0.05) is 0 Å². The van der Waals surface area contributed by atoms with E-state index in [0.29, 0.717) is 77.4 Å². The number of rotatable bonds is 13. The van der Waals surface area contributed by atoms with Gasteiger partial charge in [0.2, 0.25) is 17.6 Å². The van der Waals surface area contributed by atoms with Crippen molar-refractivity contribution in [3.8, 4) is 51.7 Å². The Morgan fingerprint density at radius 1 is 0.691 bits per heavy atom. The number of H-pyrrole nitrogens is 1. The summed E-state index contributed by atoms with van der Waals surface area (Å²) in [4.78, 5) is 38.0.